The van der Waals surface area contributed by atoms with Crippen molar-refractivity contribution in [2.45, 2.75) is 36.4 Å². The molecule has 0 aromatic heterocycles. The summed E-state index contributed by atoms with van der Waals surface area (Å²) in [5.41, 5.74) is 0.679. The highest BCUT2D eigenvalue weighted by atomic mass is 19.4. The zero-order valence-corrected chi connectivity index (χ0v) is 10.8. The van der Waals surface area contributed by atoms with Crippen LogP contribution in [0.25, 0.3) is 0 Å². The lowest BCUT2D eigenvalue weighted by Gasteiger charge is -2.27. The highest BCUT2D eigenvalue weighted by Crippen LogP contribution is 2.47. The largest absolute Gasteiger partial charge is 0.460 e. The van der Waals surface area contributed by atoms with Gasteiger partial charge in [-0.15, -0.1) is 0 Å². The van der Waals surface area contributed by atoms with Gasteiger partial charge in [0.25, 0.3) is 5.91 Å². The smallest absolute Gasteiger partial charge is 0.347 e. The number of nitrogens with one attached hydrogen (secondary N) is 1. The van der Waals surface area contributed by atoms with Crippen LogP contribution < -0.4 is 5.32 Å². The summed E-state index contributed by atoms with van der Waals surface area (Å²) in [7, 11) is 0. The lowest BCUT2D eigenvalue weighted by Crippen LogP contribution is -2.59. The molecule has 1 aliphatic carbocycles. The second kappa shape index (κ2) is 5.13. The molecule has 1 N–H and O–H groups in total. The standard InChI is InChI=1S/C13H10F7NO/c14-11(15,12(16,17)13(18,19)20)10(22)21-9-6-8(9)7-4-2-1-3-5-7/h1-5,8-9H,6H2,(H,21,22)/t8-,9+/m0/s1. The van der Waals surface area contributed by atoms with Gasteiger partial charge in [0.15, 0.2) is 0 Å². The minimum absolute atomic E-state index is 0.198. The molecular weight excluding hydrogens is 319 g/mol. The van der Waals surface area contributed by atoms with Gasteiger partial charge in [-0.1, -0.05) is 30.3 Å². The number of amides is 1. The molecule has 9 heteroatoms. The van der Waals surface area contributed by atoms with Crippen molar-refractivity contribution in [2.24, 2.45) is 0 Å². The van der Waals surface area contributed by atoms with Gasteiger partial charge in [-0.05, 0) is 12.0 Å². The van der Waals surface area contributed by atoms with Crippen LogP contribution in [0.3, 0.4) is 0 Å². The number of halogens is 7. The maximum Gasteiger partial charge on any atom is 0.460 e. The SMILES string of the molecule is O=C(N[C@@H]1C[C@H]1c1ccccc1)C(F)(F)C(F)(F)C(F)(F)F. The van der Waals surface area contributed by atoms with Gasteiger partial charge < -0.3 is 5.32 Å². The molecule has 122 valence electrons. The maximum atomic E-state index is 13.1. The van der Waals surface area contributed by atoms with E-state index in [0.717, 1.165) is 0 Å². The molecule has 1 aromatic carbocycles. The lowest BCUT2D eigenvalue weighted by molar-refractivity contribution is -0.344. The quantitative estimate of drug-likeness (QED) is 0.842. The number of carbonyl (C=O) groups is 1. The number of alkyl halides is 7. The Morgan fingerprint density at radius 1 is 1.00 bits per heavy atom. The van der Waals surface area contributed by atoms with Crippen LogP contribution in [-0.4, -0.2) is 30.0 Å². The van der Waals surface area contributed by atoms with Crippen molar-refractivity contribution in [1.29, 1.82) is 0 Å². The first-order valence-electron chi connectivity index (χ1n) is 6.16. The Labute approximate surface area is 120 Å². The molecule has 22 heavy (non-hydrogen) atoms. The summed E-state index contributed by atoms with van der Waals surface area (Å²) >= 11 is 0. The van der Waals surface area contributed by atoms with Gasteiger partial charge in [0, 0.05) is 12.0 Å². The molecule has 1 amide bonds. The van der Waals surface area contributed by atoms with Gasteiger partial charge in [-0.2, -0.15) is 30.7 Å². The van der Waals surface area contributed by atoms with Crippen LogP contribution >= 0.6 is 0 Å². The maximum absolute atomic E-state index is 13.1. The highest BCUT2D eigenvalue weighted by Gasteiger charge is 2.76. The van der Waals surface area contributed by atoms with Crippen LogP contribution in [0.2, 0.25) is 0 Å². The van der Waals surface area contributed by atoms with Gasteiger partial charge in [-0.3, -0.25) is 4.79 Å². The van der Waals surface area contributed by atoms with E-state index in [1.54, 1.807) is 35.6 Å². The summed E-state index contributed by atoms with van der Waals surface area (Å²) in [6, 6.07) is 7.39. The van der Waals surface area contributed by atoms with E-state index in [2.05, 4.69) is 0 Å². The van der Waals surface area contributed by atoms with Gasteiger partial charge in [0.05, 0.1) is 0 Å². The van der Waals surface area contributed by atoms with E-state index < -0.39 is 30.0 Å². The predicted molar refractivity (Wildman–Crippen MR) is 61.7 cm³/mol. The molecule has 1 aliphatic rings. The predicted octanol–water partition coefficient (Wildman–Crippen LogP) is 3.49. The second-order valence-electron chi connectivity index (χ2n) is 4.98. The molecule has 2 atom stereocenters. The van der Waals surface area contributed by atoms with Crippen LogP contribution in [0.4, 0.5) is 30.7 Å². The van der Waals surface area contributed by atoms with E-state index in [-0.39, 0.29) is 12.3 Å². The molecule has 2 nitrogen and oxygen atoms in total. The summed E-state index contributed by atoms with van der Waals surface area (Å²) in [4.78, 5) is 11.1. The third-order valence-corrected chi connectivity index (χ3v) is 3.37. The highest BCUT2D eigenvalue weighted by molar-refractivity contribution is 5.85. The Morgan fingerprint density at radius 2 is 1.55 bits per heavy atom. The topological polar surface area (TPSA) is 29.1 Å². The fourth-order valence-corrected chi connectivity index (χ4v) is 2.00. The molecule has 0 heterocycles. The Kier molecular flexibility index (Phi) is 3.87. The Hall–Kier alpha value is -1.80. The molecule has 0 aliphatic heterocycles. The zero-order chi connectivity index (χ0) is 16.8. The van der Waals surface area contributed by atoms with E-state index in [4.69, 9.17) is 0 Å². The first kappa shape index (κ1) is 16.6. The number of benzene rings is 1. The molecule has 1 fully saturated rings. The van der Waals surface area contributed by atoms with Crippen molar-refractivity contribution < 1.29 is 35.5 Å². The molecule has 0 saturated heterocycles. The Bertz CT molecular complexity index is 555. The first-order valence-corrected chi connectivity index (χ1v) is 6.16. The van der Waals surface area contributed by atoms with Crippen LogP contribution in [0.1, 0.15) is 17.9 Å². The summed E-state index contributed by atoms with van der Waals surface area (Å²) in [5, 5.41) is 1.55. The summed E-state index contributed by atoms with van der Waals surface area (Å²) in [6.45, 7) is 0. The van der Waals surface area contributed by atoms with Crippen LogP contribution in [0.15, 0.2) is 30.3 Å². The van der Waals surface area contributed by atoms with Crippen LogP contribution in [0.5, 0.6) is 0 Å². The third kappa shape index (κ3) is 2.76. The van der Waals surface area contributed by atoms with Crippen molar-refractivity contribution in [1.82, 2.24) is 5.32 Å². The van der Waals surface area contributed by atoms with E-state index in [1.165, 1.54) is 0 Å². The van der Waals surface area contributed by atoms with Crippen molar-refractivity contribution >= 4 is 5.91 Å². The van der Waals surface area contributed by atoms with Crippen molar-refractivity contribution in [3.63, 3.8) is 0 Å². The summed E-state index contributed by atoms with van der Waals surface area (Å²) in [6.07, 6.45) is -6.32. The average Bonchev–Trinajstić information content (AvgIpc) is 3.17. The number of rotatable bonds is 4. The minimum atomic E-state index is -6.52. The molecule has 0 unspecified atom stereocenters. The van der Waals surface area contributed by atoms with Crippen molar-refractivity contribution in [3.8, 4) is 0 Å². The number of carbonyl (C=O) groups excluding carboxylic acids is 1. The van der Waals surface area contributed by atoms with E-state index in [9.17, 15) is 35.5 Å². The molecule has 1 aromatic rings. The van der Waals surface area contributed by atoms with Crippen LogP contribution in [0, 0.1) is 0 Å². The second-order valence-corrected chi connectivity index (χ2v) is 4.98. The Morgan fingerprint density at radius 3 is 2.05 bits per heavy atom. The molecule has 0 radical (unpaired) electrons. The lowest BCUT2D eigenvalue weighted by atomic mass is 10.1. The van der Waals surface area contributed by atoms with Crippen LogP contribution in [-0.2, 0) is 4.79 Å². The van der Waals surface area contributed by atoms with E-state index in [1.807, 2.05) is 0 Å². The first-order chi connectivity index (χ1) is 9.98. The van der Waals surface area contributed by atoms with Gasteiger partial charge in [-0.25, -0.2) is 0 Å². The summed E-state index contributed by atoms with van der Waals surface area (Å²) < 4.78 is 87.6. The fourth-order valence-electron chi connectivity index (χ4n) is 2.00. The number of hydrogen-bond acceptors (Lipinski definition) is 1. The van der Waals surface area contributed by atoms with E-state index in [0.29, 0.717) is 5.56 Å². The van der Waals surface area contributed by atoms with Gasteiger partial charge >= 0.3 is 18.0 Å². The van der Waals surface area contributed by atoms with Gasteiger partial charge in [0.2, 0.25) is 0 Å². The fraction of sp³-hybridized carbons (Fsp3) is 0.462. The number of hydrogen-bond donors (Lipinski definition) is 1. The van der Waals surface area contributed by atoms with Crippen molar-refractivity contribution in [2.75, 3.05) is 0 Å². The Balaban J connectivity index is 2.04. The monoisotopic (exact) mass is 329 g/mol. The molecule has 0 bridgehead atoms. The summed E-state index contributed by atoms with van der Waals surface area (Å²) in [5.74, 6) is -15.3. The van der Waals surface area contributed by atoms with Crippen molar-refractivity contribution in [3.05, 3.63) is 35.9 Å². The molecular formula is C13H10F7NO. The molecule has 1 saturated carbocycles. The van der Waals surface area contributed by atoms with Gasteiger partial charge in [0.1, 0.15) is 0 Å². The normalized spacial score (nSPS) is 22.3. The van der Waals surface area contributed by atoms with E-state index >= 15 is 0 Å². The average molecular weight is 329 g/mol. The molecule has 2 rings (SSSR count). The minimum Gasteiger partial charge on any atom is -0.347 e. The third-order valence-electron chi connectivity index (χ3n) is 3.37. The molecule has 0 spiro atoms. The zero-order valence-electron chi connectivity index (χ0n) is 10.8.